The van der Waals surface area contributed by atoms with Gasteiger partial charge in [0.1, 0.15) is 5.58 Å². The van der Waals surface area contributed by atoms with Crippen LogP contribution in [0, 0.1) is 0 Å². The van der Waals surface area contributed by atoms with Gasteiger partial charge in [0.15, 0.2) is 5.76 Å². The Kier molecular flexibility index (Phi) is 4.38. The number of halogens is 1. The van der Waals surface area contributed by atoms with Gasteiger partial charge in [0.05, 0.1) is 0 Å². The topological polar surface area (TPSA) is 68.3 Å². The van der Waals surface area contributed by atoms with Crippen LogP contribution in [-0.2, 0) is 0 Å². The van der Waals surface area contributed by atoms with Gasteiger partial charge in [-0.1, -0.05) is 15.9 Å². The zero-order valence-corrected chi connectivity index (χ0v) is 11.5. The quantitative estimate of drug-likeness (QED) is 0.834. The van der Waals surface area contributed by atoms with Gasteiger partial charge in [0, 0.05) is 16.4 Å². The Hall–Kier alpha value is -1.33. The van der Waals surface area contributed by atoms with Crippen molar-refractivity contribution in [3.05, 3.63) is 34.5 Å². The highest BCUT2D eigenvalue weighted by molar-refractivity contribution is 9.10. The van der Waals surface area contributed by atoms with E-state index in [-0.39, 0.29) is 5.91 Å². The highest BCUT2D eigenvalue weighted by Gasteiger charge is 2.11. The number of fused-ring (bicyclic) bond motifs is 1. The normalized spacial score (nSPS) is 10.8. The molecule has 0 radical (unpaired) electrons. The average Bonchev–Trinajstić information content (AvgIpc) is 2.77. The molecule has 0 spiro atoms. The maximum absolute atomic E-state index is 11.8. The molecule has 0 fully saturated rings. The van der Waals surface area contributed by atoms with Crippen LogP contribution in [0.25, 0.3) is 11.0 Å². The molecule has 4 nitrogen and oxygen atoms in total. The van der Waals surface area contributed by atoms with Crippen LogP contribution in [0.2, 0.25) is 0 Å². The molecule has 0 aliphatic heterocycles. The number of nitrogens with two attached hydrogens (primary N) is 1. The van der Waals surface area contributed by atoms with E-state index in [1.807, 2.05) is 18.2 Å². The Morgan fingerprint density at radius 2 is 2.17 bits per heavy atom. The summed E-state index contributed by atoms with van der Waals surface area (Å²) in [6, 6.07) is 7.39. The van der Waals surface area contributed by atoms with Gasteiger partial charge in [-0.25, -0.2) is 0 Å². The lowest BCUT2D eigenvalue weighted by Gasteiger charge is -2.01. The minimum Gasteiger partial charge on any atom is -0.451 e. The number of rotatable bonds is 5. The van der Waals surface area contributed by atoms with Gasteiger partial charge in [0.25, 0.3) is 5.91 Å². The summed E-state index contributed by atoms with van der Waals surface area (Å²) in [6.45, 7) is 1.27. The molecule has 3 N–H and O–H groups in total. The minimum atomic E-state index is -0.181. The van der Waals surface area contributed by atoms with Gasteiger partial charge >= 0.3 is 0 Å². The monoisotopic (exact) mass is 310 g/mol. The van der Waals surface area contributed by atoms with Gasteiger partial charge < -0.3 is 15.5 Å². The second kappa shape index (κ2) is 6.02. The van der Waals surface area contributed by atoms with Gasteiger partial charge in [-0.2, -0.15) is 0 Å². The number of carbonyl (C=O) groups excluding carboxylic acids is 1. The molecule has 1 amide bonds. The predicted octanol–water partition coefficient (Wildman–Crippen LogP) is 2.66. The molecule has 1 heterocycles. The van der Waals surface area contributed by atoms with Crippen LogP contribution in [0.4, 0.5) is 0 Å². The Labute approximate surface area is 114 Å². The number of hydrogen-bond acceptors (Lipinski definition) is 3. The van der Waals surface area contributed by atoms with E-state index in [4.69, 9.17) is 10.2 Å². The molecule has 0 unspecified atom stereocenters. The molecule has 0 bridgehead atoms. The van der Waals surface area contributed by atoms with Crippen molar-refractivity contribution in [2.75, 3.05) is 13.1 Å². The molecular weight excluding hydrogens is 296 g/mol. The van der Waals surface area contributed by atoms with Crippen molar-refractivity contribution in [2.45, 2.75) is 12.8 Å². The molecule has 18 heavy (non-hydrogen) atoms. The molecular formula is C13H15BrN2O2. The third-order valence-electron chi connectivity index (χ3n) is 2.62. The standard InChI is InChI=1S/C13H15BrN2O2/c14-10-3-4-11-9(7-10)8-12(18-11)13(17)16-6-2-1-5-15/h3-4,7-8H,1-2,5-6,15H2,(H,16,17). The summed E-state index contributed by atoms with van der Waals surface area (Å²) in [5.74, 6) is 0.162. The van der Waals surface area contributed by atoms with Crippen molar-refractivity contribution in [3.8, 4) is 0 Å². The summed E-state index contributed by atoms with van der Waals surface area (Å²) < 4.78 is 6.45. The predicted molar refractivity (Wildman–Crippen MR) is 74.5 cm³/mol. The second-order valence-corrected chi connectivity index (χ2v) is 4.96. The fraction of sp³-hybridized carbons (Fsp3) is 0.308. The van der Waals surface area contributed by atoms with E-state index < -0.39 is 0 Å². The highest BCUT2D eigenvalue weighted by atomic mass is 79.9. The van der Waals surface area contributed by atoms with Crippen molar-refractivity contribution < 1.29 is 9.21 Å². The molecule has 2 rings (SSSR count). The number of furan rings is 1. The third kappa shape index (κ3) is 3.11. The van der Waals surface area contributed by atoms with Gasteiger partial charge in [-0.15, -0.1) is 0 Å². The number of nitrogens with one attached hydrogen (secondary N) is 1. The lowest BCUT2D eigenvalue weighted by atomic mass is 10.2. The van der Waals surface area contributed by atoms with E-state index in [0.717, 1.165) is 22.7 Å². The smallest absolute Gasteiger partial charge is 0.287 e. The van der Waals surface area contributed by atoms with Crippen molar-refractivity contribution in [1.29, 1.82) is 0 Å². The Bertz CT molecular complexity index is 551. The fourth-order valence-electron chi connectivity index (χ4n) is 1.68. The zero-order valence-electron chi connectivity index (χ0n) is 9.91. The lowest BCUT2D eigenvalue weighted by molar-refractivity contribution is 0.0927. The van der Waals surface area contributed by atoms with Crippen LogP contribution >= 0.6 is 15.9 Å². The summed E-state index contributed by atoms with van der Waals surface area (Å²) in [6.07, 6.45) is 1.79. The molecule has 0 saturated heterocycles. The summed E-state index contributed by atoms with van der Waals surface area (Å²) in [5.41, 5.74) is 6.10. The van der Waals surface area contributed by atoms with Crippen LogP contribution in [0.3, 0.4) is 0 Å². The van der Waals surface area contributed by atoms with Crippen LogP contribution in [0.5, 0.6) is 0 Å². The number of amides is 1. The van der Waals surface area contributed by atoms with Crippen molar-refractivity contribution in [2.24, 2.45) is 5.73 Å². The van der Waals surface area contributed by atoms with E-state index in [9.17, 15) is 4.79 Å². The Morgan fingerprint density at radius 3 is 2.94 bits per heavy atom. The van der Waals surface area contributed by atoms with Crippen LogP contribution in [0.1, 0.15) is 23.4 Å². The Balaban J connectivity index is 2.04. The molecule has 0 saturated carbocycles. The number of hydrogen-bond donors (Lipinski definition) is 2. The fourth-order valence-corrected chi connectivity index (χ4v) is 2.06. The third-order valence-corrected chi connectivity index (χ3v) is 3.11. The molecule has 5 heteroatoms. The van der Waals surface area contributed by atoms with Crippen molar-refractivity contribution in [1.82, 2.24) is 5.32 Å². The maximum atomic E-state index is 11.8. The number of carbonyl (C=O) groups is 1. The van der Waals surface area contributed by atoms with Crippen LogP contribution in [0.15, 0.2) is 33.2 Å². The summed E-state index contributed by atoms with van der Waals surface area (Å²) in [7, 11) is 0. The van der Waals surface area contributed by atoms with E-state index in [0.29, 0.717) is 24.4 Å². The van der Waals surface area contributed by atoms with Crippen molar-refractivity contribution in [3.63, 3.8) is 0 Å². The first kappa shape index (κ1) is 13.1. The highest BCUT2D eigenvalue weighted by Crippen LogP contribution is 2.23. The maximum Gasteiger partial charge on any atom is 0.287 e. The molecule has 2 aromatic rings. The first-order valence-electron chi connectivity index (χ1n) is 5.88. The van der Waals surface area contributed by atoms with Gasteiger partial charge in [-0.3, -0.25) is 4.79 Å². The van der Waals surface area contributed by atoms with Gasteiger partial charge in [-0.05, 0) is 43.7 Å². The van der Waals surface area contributed by atoms with Crippen LogP contribution < -0.4 is 11.1 Å². The van der Waals surface area contributed by atoms with E-state index >= 15 is 0 Å². The second-order valence-electron chi connectivity index (χ2n) is 4.04. The van der Waals surface area contributed by atoms with Gasteiger partial charge in [0.2, 0.25) is 0 Å². The SMILES string of the molecule is NCCCCNC(=O)c1cc2cc(Br)ccc2o1. The van der Waals surface area contributed by atoms with E-state index in [1.54, 1.807) is 6.07 Å². The molecule has 96 valence electrons. The first-order valence-corrected chi connectivity index (χ1v) is 6.67. The number of benzene rings is 1. The number of unbranched alkanes of at least 4 members (excludes halogenated alkanes) is 1. The van der Waals surface area contributed by atoms with E-state index in [2.05, 4.69) is 21.2 Å². The first-order chi connectivity index (χ1) is 8.70. The summed E-state index contributed by atoms with van der Waals surface area (Å²) >= 11 is 3.38. The van der Waals surface area contributed by atoms with Crippen LogP contribution in [-0.4, -0.2) is 19.0 Å². The van der Waals surface area contributed by atoms with Crippen molar-refractivity contribution >= 4 is 32.8 Å². The molecule has 1 aromatic carbocycles. The summed E-state index contributed by atoms with van der Waals surface area (Å²) in [4.78, 5) is 11.8. The molecule has 0 atom stereocenters. The Morgan fingerprint density at radius 1 is 1.33 bits per heavy atom. The average molecular weight is 311 g/mol. The molecule has 0 aliphatic carbocycles. The lowest BCUT2D eigenvalue weighted by Crippen LogP contribution is -2.24. The largest absolute Gasteiger partial charge is 0.451 e. The zero-order chi connectivity index (χ0) is 13.0. The minimum absolute atomic E-state index is 0.181. The molecule has 1 aromatic heterocycles. The molecule has 0 aliphatic rings. The summed E-state index contributed by atoms with van der Waals surface area (Å²) in [5, 5.41) is 3.72. The van der Waals surface area contributed by atoms with E-state index in [1.165, 1.54) is 0 Å².